The SMILES string of the molecule is CC(C)(C)OC(=O)NC(CC(N)=O)C(=O)N1CCN(C(=S)SCc2ccc([N+](=O)[O-])cc2)CC1. The van der Waals surface area contributed by atoms with Crippen molar-refractivity contribution in [3.05, 3.63) is 39.9 Å². The summed E-state index contributed by atoms with van der Waals surface area (Å²) in [5, 5.41) is 13.2. The van der Waals surface area contributed by atoms with Crippen LogP contribution in [0.5, 0.6) is 0 Å². The zero-order chi connectivity index (χ0) is 25.5. The summed E-state index contributed by atoms with van der Waals surface area (Å²) in [6, 6.07) is 5.19. The molecule has 3 amide bonds. The molecule has 1 aromatic carbocycles. The van der Waals surface area contributed by atoms with Crippen LogP contribution in [0.3, 0.4) is 0 Å². The number of non-ortho nitro benzene ring substituents is 1. The van der Waals surface area contributed by atoms with Crippen molar-refractivity contribution in [1.29, 1.82) is 0 Å². The predicted molar refractivity (Wildman–Crippen MR) is 132 cm³/mol. The van der Waals surface area contributed by atoms with E-state index in [0.717, 1.165) is 5.56 Å². The first-order valence-corrected chi connectivity index (χ1v) is 12.0. The number of nitrogens with zero attached hydrogens (tertiary/aromatic N) is 3. The number of benzene rings is 1. The standard InChI is InChI=1S/C21H29N5O6S2/c1-21(2,3)32-19(29)23-16(12-17(22)27)18(28)24-8-10-25(11-9-24)20(33)34-13-14-4-6-15(7-5-14)26(30)31/h4-7,16H,8-13H2,1-3H3,(H2,22,27)(H,23,29). The van der Waals surface area contributed by atoms with Gasteiger partial charge in [-0.3, -0.25) is 19.7 Å². The van der Waals surface area contributed by atoms with Gasteiger partial charge in [0.1, 0.15) is 16.0 Å². The third-order valence-corrected chi connectivity index (χ3v) is 6.35. The number of piperazine rings is 1. The smallest absolute Gasteiger partial charge is 0.408 e. The Hall–Kier alpha value is -2.93. The minimum Gasteiger partial charge on any atom is -0.444 e. The molecule has 0 aliphatic carbocycles. The molecule has 1 aliphatic rings. The molecule has 1 heterocycles. The van der Waals surface area contributed by atoms with Gasteiger partial charge in [0.25, 0.3) is 5.69 Å². The number of hydrogen-bond acceptors (Lipinski definition) is 8. The van der Waals surface area contributed by atoms with E-state index in [9.17, 15) is 24.5 Å². The third kappa shape index (κ3) is 8.78. The van der Waals surface area contributed by atoms with E-state index in [1.165, 1.54) is 23.9 Å². The summed E-state index contributed by atoms with van der Waals surface area (Å²) in [7, 11) is 0. The van der Waals surface area contributed by atoms with Gasteiger partial charge >= 0.3 is 6.09 Å². The number of carbonyl (C=O) groups excluding carboxylic acids is 3. The van der Waals surface area contributed by atoms with E-state index in [1.807, 2.05) is 4.90 Å². The lowest BCUT2D eigenvalue weighted by Gasteiger charge is -2.37. The van der Waals surface area contributed by atoms with Gasteiger partial charge in [-0.15, -0.1) is 0 Å². The fraction of sp³-hybridized carbons (Fsp3) is 0.524. The van der Waals surface area contributed by atoms with Crippen LogP contribution >= 0.6 is 24.0 Å². The average molecular weight is 512 g/mol. The number of hydrogen-bond donors (Lipinski definition) is 2. The highest BCUT2D eigenvalue weighted by Gasteiger charge is 2.31. The maximum absolute atomic E-state index is 12.9. The first-order valence-electron chi connectivity index (χ1n) is 10.6. The number of rotatable bonds is 7. The number of thioether (sulfide) groups is 1. The van der Waals surface area contributed by atoms with Crippen molar-refractivity contribution < 1.29 is 24.0 Å². The molecule has 3 N–H and O–H groups in total. The van der Waals surface area contributed by atoms with Gasteiger partial charge in [-0.2, -0.15) is 0 Å². The highest BCUT2D eigenvalue weighted by Crippen LogP contribution is 2.20. The van der Waals surface area contributed by atoms with Crippen LogP contribution in [0.15, 0.2) is 24.3 Å². The Morgan fingerprint density at radius 2 is 1.74 bits per heavy atom. The van der Waals surface area contributed by atoms with Crippen LogP contribution in [0.1, 0.15) is 32.8 Å². The molecule has 0 bridgehead atoms. The highest BCUT2D eigenvalue weighted by molar-refractivity contribution is 8.22. The molecule has 1 unspecified atom stereocenters. The number of nitro benzene ring substituents is 1. The second-order valence-electron chi connectivity index (χ2n) is 8.66. The molecule has 1 aromatic rings. The number of nitrogens with two attached hydrogens (primary N) is 1. The van der Waals surface area contributed by atoms with Gasteiger partial charge < -0.3 is 25.6 Å². The van der Waals surface area contributed by atoms with Crippen LogP contribution < -0.4 is 11.1 Å². The molecule has 186 valence electrons. The van der Waals surface area contributed by atoms with E-state index >= 15 is 0 Å². The Morgan fingerprint density at radius 1 is 1.18 bits per heavy atom. The van der Waals surface area contributed by atoms with E-state index in [-0.39, 0.29) is 12.1 Å². The molecule has 1 fully saturated rings. The Morgan fingerprint density at radius 3 is 2.24 bits per heavy atom. The summed E-state index contributed by atoms with van der Waals surface area (Å²) in [6.07, 6.45) is -1.13. The second-order valence-corrected chi connectivity index (χ2v) is 10.3. The number of ether oxygens (including phenoxy) is 1. The normalized spacial score (nSPS) is 14.8. The molecule has 34 heavy (non-hydrogen) atoms. The molecular formula is C21H29N5O6S2. The van der Waals surface area contributed by atoms with Crippen molar-refractivity contribution in [2.45, 2.75) is 44.6 Å². The van der Waals surface area contributed by atoms with Gasteiger partial charge in [0.05, 0.1) is 11.3 Å². The van der Waals surface area contributed by atoms with Crippen LogP contribution in [-0.2, 0) is 20.1 Å². The van der Waals surface area contributed by atoms with Crippen molar-refractivity contribution in [1.82, 2.24) is 15.1 Å². The van der Waals surface area contributed by atoms with Crippen molar-refractivity contribution in [2.24, 2.45) is 5.73 Å². The van der Waals surface area contributed by atoms with Crippen molar-refractivity contribution in [2.75, 3.05) is 26.2 Å². The van der Waals surface area contributed by atoms with E-state index in [1.54, 1.807) is 37.8 Å². The molecule has 1 aliphatic heterocycles. The van der Waals surface area contributed by atoms with Gasteiger partial charge in [0.15, 0.2) is 0 Å². The Labute approximate surface area is 207 Å². The van der Waals surface area contributed by atoms with Gasteiger partial charge in [0.2, 0.25) is 11.8 Å². The zero-order valence-electron chi connectivity index (χ0n) is 19.3. The molecule has 13 heteroatoms. The molecular weight excluding hydrogens is 482 g/mol. The lowest BCUT2D eigenvalue weighted by Crippen LogP contribution is -2.56. The quantitative estimate of drug-likeness (QED) is 0.319. The van der Waals surface area contributed by atoms with Gasteiger partial charge in [-0.1, -0.05) is 36.1 Å². The van der Waals surface area contributed by atoms with Gasteiger partial charge in [-0.05, 0) is 26.3 Å². The second kappa shape index (κ2) is 12.0. The number of nitro groups is 1. The molecule has 0 spiro atoms. The number of amides is 3. The van der Waals surface area contributed by atoms with Crippen molar-refractivity contribution in [3.63, 3.8) is 0 Å². The number of nitrogens with one attached hydrogen (secondary N) is 1. The van der Waals surface area contributed by atoms with Crippen LogP contribution in [0.4, 0.5) is 10.5 Å². The summed E-state index contributed by atoms with van der Waals surface area (Å²) in [5.74, 6) is -0.554. The van der Waals surface area contributed by atoms with Crippen molar-refractivity contribution in [3.8, 4) is 0 Å². The number of carbonyl (C=O) groups is 3. The Kier molecular flexibility index (Phi) is 9.62. The maximum atomic E-state index is 12.9. The van der Waals surface area contributed by atoms with Crippen molar-refractivity contribution >= 4 is 51.9 Å². The summed E-state index contributed by atoms with van der Waals surface area (Å²) in [5.41, 5.74) is 5.46. The number of thiocarbonyl (C=S) groups is 1. The first-order chi connectivity index (χ1) is 15.9. The minimum absolute atomic E-state index is 0.0351. The van der Waals surface area contributed by atoms with E-state index in [0.29, 0.717) is 36.3 Å². The van der Waals surface area contributed by atoms with Gasteiger partial charge in [-0.25, -0.2) is 4.79 Å². The van der Waals surface area contributed by atoms with E-state index in [4.69, 9.17) is 22.7 Å². The fourth-order valence-electron chi connectivity index (χ4n) is 3.13. The molecule has 0 saturated carbocycles. The number of primary amides is 1. The molecule has 1 saturated heterocycles. The minimum atomic E-state index is -1.11. The average Bonchev–Trinajstić information content (AvgIpc) is 2.75. The largest absolute Gasteiger partial charge is 0.444 e. The third-order valence-electron chi connectivity index (χ3n) is 4.75. The predicted octanol–water partition coefficient (Wildman–Crippen LogP) is 2.03. The molecule has 1 atom stereocenters. The summed E-state index contributed by atoms with van der Waals surface area (Å²) in [6.45, 7) is 6.80. The van der Waals surface area contributed by atoms with Crippen LogP contribution in [0, 0.1) is 10.1 Å². The highest BCUT2D eigenvalue weighted by atomic mass is 32.2. The van der Waals surface area contributed by atoms with E-state index in [2.05, 4.69) is 5.32 Å². The summed E-state index contributed by atoms with van der Waals surface area (Å²) in [4.78, 5) is 50.3. The van der Waals surface area contributed by atoms with E-state index < -0.39 is 34.5 Å². The van der Waals surface area contributed by atoms with Gasteiger partial charge in [0, 0.05) is 44.1 Å². The molecule has 11 nitrogen and oxygen atoms in total. The Balaban J connectivity index is 1.87. The summed E-state index contributed by atoms with van der Waals surface area (Å²) < 4.78 is 5.84. The van der Waals surface area contributed by atoms with Crippen LogP contribution in [-0.4, -0.2) is 74.8 Å². The fourth-order valence-corrected chi connectivity index (χ4v) is 4.34. The Bertz CT molecular complexity index is 927. The lowest BCUT2D eigenvalue weighted by atomic mass is 10.1. The summed E-state index contributed by atoms with van der Waals surface area (Å²) >= 11 is 6.94. The topological polar surface area (TPSA) is 148 Å². The monoisotopic (exact) mass is 511 g/mol. The van der Waals surface area contributed by atoms with Crippen LogP contribution in [0.25, 0.3) is 0 Å². The maximum Gasteiger partial charge on any atom is 0.408 e. The first kappa shape index (κ1) is 27.3. The van der Waals surface area contributed by atoms with Crippen LogP contribution in [0.2, 0.25) is 0 Å². The number of alkyl carbamates (subject to hydrolysis) is 1. The molecule has 0 aromatic heterocycles. The lowest BCUT2D eigenvalue weighted by molar-refractivity contribution is -0.384. The zero-order valence-corrected chi connectivity index (χ0v) is 20.9. The molecule has 0 radical (unpaired) electrons. The molecule has 2 rings (SSSR count).